The van der Waals surface area contributed by atoms with Crippen LogP contribution >= 0.6 is 11.3 Å². The Balaban J connectivity index is 1.78. The quantitative estimate of drug-likeness (QED) is 0.716. The Morgan fingerprint density at radius 1 is 1.04 bits per heavy atom. The van der Waals surface area contributed by atoms with Crippen LogP contribution in [0.5, 0.6) is 0 Å². The van der Waals surface area contributed by atoms with Crippen molar-refractivity contribution >= 4 is 38.7 Å². The van der Waals surface area contributed by atoms with Gasteiger partial charge in [0.1, 0.15) is 0 Å². The first-order valence-electron chi connectivity index (χ1n) is 7.85. The van der Waals surface area contributed by atoms with Crippen LogP contribution in [0.3, 0.4) is 0 Å². The molecule has 0 atom stereocenters. The number of carbonyl (C=O) groups excluding carboxylic acids is 1. The molecule has 1 aromatic heterocycles. The first-order valence-corrected chi connectivity index (χ1v) is 8.73. The summed E-state index contributed by atoms with van der Waals surface area (Å²) in [7, 11) is 0. The van der Waals surface area contributed by atoms with E-state index in [2.05, 4.69) is 24.1 Å². The monoisotopic (exact) mass is 324 g/mol. The number of hydrogen-bond donors (Lipinski definition) is 1. The van der Waals surface area contributed by atoms with Gasteiger partial charge in [0.25, 0.3) is 5.91 Å². The lowest BCUT2D eigenvalue weighted by Gasteiger charge is -2.21. The molecule has 23 heavy (non-hydrogen) atoms. The first-order chi connectivity index (χ1) is 11.2. The van der Waals surface area contributed by atoms with Crippen LogP contribution in [0.25, 0.3) is 10.1 Å². The zero-order chi connectivity index (χ0) is 16.2. The molecule has 1 heterocycles. The smallest absolute Gasteiger partial charge is 0.257 e. The zero-order valence-corrected chi connectivity index (χ0v) is 14.2. The van der Waals surface area contributed by atoms with Crippen molar-refractivity contribution in [2.75, 3.05) is 23.3 Å². The highest BCUT2D eigenvalue weighted by Gasteiger charge is 2.12. The van der Waals surface area contributed by atoms with Gasteiger partial charge in [-0.15, -0.1) is 11.3 Å². The van der Waals surface area contributed by atoms with Gasteiger partial charge in [-0.3, -0.25) is 4.79 Å². The number of benzene rings is 2. The average Bonchev–Trinajstić information content (AvgIpc) is 3.01. The predicted molar refractivity (Wildman–Crippen MR) is 99.8 cm³/mol. The Morgan fingerprint density at radius 3 is 2.43 bits per heavy atom. The number of carbonyl (C=O) groups is 1. The topological polar surface area (TPSA) is 32.3 Å². The third-order valence-electron chi connectivity index (χ3n) is 3.98. The van der Waals surface area contributed by atoms with E-state index in [9.17, 15) is 4.79 Å². The zero-order valence-electron chi connectivity index (χ0n) is 13.4. The van der Waals surface area contributed by atoms with Crippen molar-refractivity contribution < 1.29 is 4.79 Å². The number of fused-ring (bicyclic) bond motifs is 1. The van der Waals surface area contributed by atoms with E-state index in [0.29, 0.717) is 0 Å². The normalized spacial score (nSPS) is 10.7. The molecule has 3 nitrogen and oxygen atoms in total. The highest BCUT2D eigenvalue weighted by molar-refractivity contribution is 7.17. The maximum Gasteiger partial charge on any atom is 0.257 e. The van der Waals surface area contributed by atoms with Crippen LogP contribution in [0.4, 0.5) is 11.4 Å². The Morgan fingerprint density at radius 2 is 1.74 bits per heavy atom. The largest absolute Gasteiger partial charge is 0.372 e. The molecule has 0 saturated heterocycles. The predicted octanol–water partition coefficient (Wildman–Crippen LogP) is 5.00. The highest BCUT2D eigenvalue weighted by Crippen LogP contribution is 2.26. The molecule has 0 unspecified atom stereocenters. The Bertz CT molecular complexity index is 804. The Labute approximate surface area is 140 Å². The van der Waals surface area contributed by atoms with Crippen molar-refractivity contribution in [3.63, 3.8) is 0 Å². The summed E-state index contributed by atoms with van der Waals surface area (Å²) in [5, 5.41) is 5.92. The van der Waals surface area contributed by atoms with Crippen molar-refractivity contribution in [1.82, 2.24) is 0 Å². The number of anilines is 2. The minimum absolute atomic E-state index is 0.0574. The molecule has 2 aromatic carbocycles. The van der Waals surface area contributed by atoms with Crippen molar-refractivity contribution in [3.05, 3.63) is 59.5 Å². The fraction of sp³-hybridized carbons (Fsp3) is 0.211. The second-order valence-electron chi connectivity index (χ2n) is 5.32. The summed E-state index contributed by atoms with van der Waals surface area (Å²) in [6.07, 6.45) is 0. The lowest BCUT2D eigenvalue weighted by Crippen LogP contribution is -2.21. The summed E-state index contributed by atoms with van der Waals surface area (Å²) in [6.45, 7) is 6.23. The van der Waals surface area contributed by atoms with Crippen LogP contribution in [-0.4, -0.2) is 19.0 Å². The molecule has 3 aromatic rings. The summed E-state index contributed by atoms with van der Waals surface area (Å²) >= 11 is 1.60. The van der Waals surface area contributed by atoms with Gasteiger partial charge in [-0.05, 0) is 44.2 Å². The number of nitrogens with zero attached hydrogens (tertiary/aromatic N) is 1. The van der Waals surface area contributed by atoms with Crippen LogP contribution < -0.4 is 10.2 Å². The van der Waals surface area contributed by atoms with Crippen LogP contribution in [-0.2, 0) is 0 Å². The molecule has 0 aliphatic carbocycles. The van der Waals surface area contributed by atoms with Gasteiger partial charge in [0.2, 0.25) is 0 Å². The number of hydrogen-bond acceptors (Lipinski definition) is 3. The van der Waals surface area contributed by atoms with E-state index in [-0.39, 0.29) is 5.91 Å². The summed E-state index contributed by atoms with van der Waals surface area (Å²) in [6, 6.07) is 16.0. The second-order valence-corrected chi connectivity index (χ2v) is 6.23. The van der Waals surface area contributed by atoms with E-state index >= 15 is 0 Å². The van der Waals surface area contributed by atoms with Gasteiger partial charge in [-0.1, -0.05) is 18.2 Å². The van der Waals surface area contributed by atoms with Gasteiger partial charge in [0.15, 0.2) is 0 Å². The van der Waals surface area contributed by atoms with E-state index in [4.69, 9.17) is 0 Å². The molecule has 1 amide bonds. The number of nitrogens with one attached hydrogen (secondary N) is 1. The molecule has 1 N–H and O–H groups in total. The highest BCUT2D eigenvalue weighted by atomic mass is 32.1. The third kappa shape index (κ3) is 3.22. The lowest BCUT2D eigenvalue weighted by molar-refractivity contribution is 0.102. The molecule has 118 valence electrons. The van der Waals surface area contributed by atoms with Gasteiger partial charge in [-0.25, -0.2) is 0 Å². The molecule has 0 aliphatic rings. The third-order valence-corrected chi connectivity index (χ3v) is 4.94. The molecule has 0 aliphatic heterocycles. The van der Waals surface area contributed by atoms with Gasteiger partial charge >= 0.3 is 0 Å². The van der Waals surface area contributed by atoms with Crippen LogP contribution in [0.1, 0.15) is 24.2 Å². The molecule has 3 rings (SSSR count). The molecular weight excluding hydrogens is 304 g/mol. The molecule has 0 bridgehead atoms. The standard InChI is InChI=1S/C19H20N2OS/c1-3-21(4-2)15-11-9-14(10-12-15)20-19(22)17-13-23-18-8-6-5-7-16(17)18/h5-13H,3-4H2,1-2H3,(H,20,22). The summed E-state index contributed by atoms with van der Waals surface area (Å²) in [5.41, 5.74) is 2.73. The second kappa shape index (κ2) is 6.84. The van der Waals surface area contributed by atoms with E-state index in [1.807, 2.05) is 53.9 Å². The SMILES string of the molecule is CCN(CC)c1ccc(NC(=O)c2csc3ccccc23)cc1. The van der Waals surface area contributed by atoms with E-state index in [0.717, 1.165) is 34.4 Å². The molecule has 0 spiro atoms. The maximum absolute atomic E-state index is 12.5. The van der Waals surface area contributed by atoms with E-state index < -0.39 is 0 Å². The summed E-state index contributed by atoms with van der Waals surface area (Å²) in [4.78, 5) is 14.8. The fourth-order valence-electron chi connectivity index (χ4n) is 2.70. The van der Waals surface area contributed by atoms with Gasteiger partial charge in [0.05, 0.1) is 5.56 Å². The summed E-state index contributed by atoms with van der Waals surface area (Å²) < 4.78 is 1.13. The molecule has 0 radical (unpaired) electrons. The van der Waals surface area contributed by atoms with Crippen LogP contribution in [0.15, 0.2) is 53.9 Å². The van der Waals surface area contributed by atoms with Crippen molar-refractivity contribution in [2.24, 2.45) is 0 Å². The molecular formula is C19H20N2OS. The lowest BCUT2D eigenvalue weighted by atomic mass is 10.1. The number of amides is 1. The number of rotatable bonds is 5. The van der Waals surface area contributed by atoms with Crippen molar-refractivity contribution in [2.45, 2.75) is 13.8 Å². The minimum atomic E-state index is -0.0574. The van der Waals surface area contributed by atoms with Crippen LogP contribution in [0.2, 0.25) is 0 Å². The van der Waals surface area contributed by atoms with Gasteiger partial charge in [0, 0.05) is 39.9 Å². The van der Waals surface area contributed by atoms with Crippen LogP contribution in [0, 0.1) is 0 Å². The minimum Gasteiger partial charge on any atom is -0.372 e. The van der Waals surface area contributed by atoms with E-state index in [1.54, 1.807) is 11.3 Å². The van der Waals surface area contributed by atoms with Gasteiger partial charge < -0.3 is 10.2 Å². The molecule has 0 saturated carbocycles. The first kappa shape index (κ1) is 15.6. The fourth-order valence-corrected chi connectivity index (χ4v) is 3.64. The average molecular weight is 324 g/mol. The number of thiophene rings is 1. The summed E-state index contributed by atoms with van der Waals surface area (Å²) in [5.74, 6) is -0.0574. The molecule has 4 heteroatoms. The Hall–Kier alpha value is -2.33. The Kier molecular flexibility index (Phi) is 4.63. The maximum atomic E-state index is 12.5. The van der Waals surface area contributed by atoms with Gasteiger partial charge in [-0.2, -0.15) is 0 Å². The molecule has 0 fully saturated rings. The van der Waals surface area contributed by atoms with Crippen molar-refractivity contribution in [1.29, 1.82) is 0 Å². The van der Waals surface area contributed by atoms with E-state index in [1.165, 1.54) is 5.69 Å². The van der Waals surface area contributed by atoms with Crippen molar-refractivity contribution in [3.8, 4) is 0 Å².